The molecular formula is C12H15BrN2O2. The lowest BCUT2D eigenvalue weighted by Gasteiger charge is -2.16. The van der Waals surface area contributed by atoms with E-state index in [1.165, 1.54) is 32.1 Å². The SMILES string of the molecule is O=C(NN=CC1CCCCC1)c1ccc(Br)o1. The Labute approximate surface area is 109 Å². The lowest BCUT2D eigenvalue weighted by atomic mass is 9.90. The van der Waals surface area contributed by atoms with E-state index in [2.05, 4.69) is 26.5 Å². The Kier molecular flexibility index (Phi) is 4.36. The second kappa shape index (κ2) is 6.00. The van der Waals surface area contributed by atoms with Crippen molar-refractivity contribution < 1.29 is 9.21 Å². The van der Waals surface area contributed by atoms with Crippen molar-refractivity contribution in [1.82, 2.24) is 5.43 Å². The summed E-state index contributed by atoms with van der Waals surface area (Å²) in [5.74, 6) is 0.452. The fourth-order valence-electron chi connectivity index (χ4n) is 1.98. The first-order chi connectivity index (χ1) is 8.25. The smallest absolute Gasteiger partial charge is 0.307 e. The van der Waals surface area contributed by atoms with Crippen LogP contribution >= 0.6 is 15.9 Å². The van der Waals surface area contributed by atoms with Gasteiger partial charge in [0.05, 0.1) is 0 Å². The zero-order valence-corrected chi connectivity index (χ0v) is 11.1. The Morgan fingerprint density at radius 1 is 1.41 bits per heavy atom. The fraction of sp³-hybridized carbons (Fsp3) is 0.500. The van der Waals surface area contributed by atoms with Crippen LogP contribution in [0.5, 0.6) is 0 Å². The maximum atomic E-state index is 11.6. The number of furan rings is 1. The van der Waals surface area contributed by atoms with Crippen molar-refractivity contribution in [3.63, 3.8) is 0 Å². The van der Waals surface area contributed by atoms with E-state index in [1.54, 1.807) is 12.1 Å². The van der Waals surface area contributed by atoms with Gasteiger partial charge < -0.3 is 4.42 Å². The molecule has 0 atom stereocenters. The van der Waals surface area contributed by atoms with Crippen molar-refractivity contribution >= 4 is 28.1 Å². The zero-order valence-electron chi connectivity index (χ0n) is 9.49. The molecule has 1 N–H and O–H groups in total. The number of hydrogen-bond donors (Lipinski definition) is 1. The highest BCUT2D eigenvalue weighted by Crippen LogP contribution is 2.21. The molecule has 5 heteroatoms. The minimum Gasteiger partial charge on any atom is -0.444 e. The Morgan fingerprint density at radius 2 is 2.18 bits per heavy atom. The molecule has 0 bridgehead atoms. The molecule has 1 fully saturated rings. The molecule has 92 valence electrons. The number of amides is 1. The van der Waals surface area contributed by atoms with Gasteiger partial charge in [0.15, 0.2) is 10.4 Å². The second-order valence-electron chi connectivity index (χ2n) is 4.22. The first kappa shape index (κ1) is 12.4. The summed E-state index contributed by atoms with van der Waals surface area (Å²) in [5.41, 5.74) is 2.48. The highest BCUT2D eigenvalue weighted by Gasteiger charge is 2.12. The molecule has 1 heterocycles. The zero-order chi connectivity index (χ0) is 12.1. The van der Waals surface area contributed by atoms with Gasteiger partial charge in [-0.15, -0.1) is 0 Å². The van der Waals surface area contributed by atoms with E-state index in [0.29, 0.717) is 10.6 Å². The van der Waals surface area contributed by atoms with Crippen LogP contribution in [-0.4, -0.2) is 12.1 Å². The van der Waals surface area contributed by atoms with Gasteiger partial charge in [-0.2, -0.15) is 5.10 Å². The maximum absolute atomic E-state index is 11.6. The maximum Gasteiger partial charge on any atom is 0.307 e. The van der Waals surface area contributed by atoms with E-state index < -0.39 is 0 Å². The fourth-order valence-corrected chi connectivity index (χ4v) is 2.28. The molecule has 0 aliphatic heterocycles. The summed E-state index contributed by atoms with van der Waals surface area (Å²) < 4.78 is 5.66. The number of hydrogen-bond acceptors (Lipinski definition) is 3. The van der Waals surface area contributed by atoms with Gasteiger partial charge in [-0.25, -0.2) is 5.43 Å². The first-order valence-electron chi connectivity index (χ1n) is 5.84. The van der Waals surface area contributed by atoms with Gasteiger partial charge >= 0.3 is 5.91 Å². The second-order valence-corrected chi connectivity index (χ2v) is 5.00. The average Bonchev–Trinajstić information content (AvgIpc) is 2.77. The van der Waals surface area contributed by atoms with Crippen molar-refractivity contribution in [1.29, 1.82) is 0 Å². The predicted octanol–water partition coefficient (Wildman–Crippen LogP) is 3.34. The van der Waals surface area contributed by atoms with Gasteiger partial charge in [0, 0.05) is 6.21 Å². The summed E-state index contributed by atoms with van der Waals surface area (Å²) >= 11 is 3.15. The topological polar surface area (TPSA) is 54.6 Å². The van der Waals surface area contributed by atoms with Gasteiger partial charge in [-0.3, -0.25) is 4.79 Å². The van der Waals surface area contributed by atoms with E-state index in [1.807, 2.05) is 6.21 Å². The summed E-state index contributed by atoms with van der Waals surface area (Å²) in [7, 11) is 0. The van der Waals surface area contributed by atoms with Crippen LogP contribution in [-0.2, 0) is 0 Å². The van der Waals surface area contributed by atoms with E-state index in [0.717, 1.165) is 0 Å². The summed E-state index contributed by atoms with van der Waals surface area (Å²) in [4.78, 5) is 11.6. The lowest BCUT2D eigenvalue weighted by Crippen LogP contribution is -2.18. The molecule has 1 saturated carbocycles. The van der Waals surface area contributed by atoms with Crippen molar-refractivity contribution in [3.05, 3.63) is 22.6 Å². The molecule has 17 heavy (non-hydrogen) atoms. The Hall–Kier alpha value is -1.10. The van der Waals surface area contributed by atoms with E-state index in [-0.39, 0.29) is 11.7 Å². The van der Waals surface area contributed by atoms with Crippen molar-refractivity contribution in [2.75, 3.05) is 0 Å². The largest absolute Gasteiger partial charge is 0.444 e. The summed E-state index contributed by atoms with van der Waals surface area (Å²) in [6.07, 6.45) is 8.02. The number of carbonyl (C=O) groups is 1. The number of halogens is 1. The van der Waals surface area contributed by atoms with Crippen LogP contribution in [0, 0.1) is 5.92 Å². The predicted molar refractivity (Wildman–Crippen MR) is 68.9 cm³/mol. The van der Waals surface area contributed by atoms with Gasteiger partial charge in [-0.1, -0.05) is 19.3 Å². The van der Waals surface area contributed by atoms with Crippen LogP contribution < -0.4 is 5.43 Å². The van der Waals surface area contributed by atoms with E-state index in [4.69, 9.17) is 4.42 Å². The van der Waals surface area contributed by atoms with Crippen LogP contribution in [0.4, 0.5) is 0 Å². The third-order valence-electron chi connectivity index (χ3n) is 2.90. The summed E-state index contributed by atoms with van der Waals surface area (Å²) in [5, 5.41) is 3.98. The van der Waals surface area contributed by atoms with E-state index in [9.17, 15) is 4.79 Å². The Morgan fingerprint density at radius 3 is 2.82 bits per heavy atom. The van der Waals surface area contributed by atoms with Crippen LogP contribution in [0.15, 0.2) is 26.3 Å². The van der Waals surface area contributed by atoms with E-state index >= 15 is 0 Å². The van der Waals surface area contributed by atoms with Crippen molar-refractivity contribution in [2.45, 2.75) is 32.1 Å². The van der Waals surface area contributed by atoms with Crippen LogP contribution in [0.2, 0.25) is 0 Å². The quantitative estimate of drug-likeness (QED) is 0.687. The van der Waals surface area contributed by atoms with Crippen molar-refractivity contribution in [2.24, 2.45) is 11.0 Å². The molecule has 1 aliphatic rings. The lowest BCUT2D eigenvalue weighted by molar-refractivity contribution is 0.0926. The molecule has 0 radical (unpaired) electrons. The van der Waals surface area contributed by atoms with Crippen LogP contribution in [0.25, 0.3) is 0 Å². The normalized spacial score (nSPS) is 17.5. The molecule has 0 unspecified atom stereocenters. The number of nitrogens with zero attached hydrogens (tertiary/aromatic N) is 1. The van der Waals surface area contributed by atoms with Gasteiger partial charge in [-0.05, 0) is 46.8 Å². The molecule has 0 aromatic carbocycles. The van der Waals surface area contributed by atoms with Crippen molar-refractivity contribution in [3.8, 4) is 0 Å². The molecule has 1 amide bonds. The van der Waals surface area contributed by atoms with Crippen LogP contribution in [0.1, 0.15) is 42.7 Å². The standard InChI is InChI=1S/C12H15BrN2O2/c13-11-7-6-10(17-11)12(16)15-14-8-9-4-2-1-3-5-9/h6-9H,1-5H2,(H,15,16). The molecule has 2 rings (SSSR count). The number of nitrogens with one attached hydrogen (secondary N) is 1. The summed E-state index contributed by atoms with van der Waals surface area (Å²) in [6, 6.07) is 3.29. The van der Waals surface area contributed by atoms with Crippen LogP contribution in [0.3, 0.4) is 0 Å². The van der Waals surface area contributed by atoms with Gasteiger partial charge in [0.1, 0.15) is 0 Å². The highest BCUT2D eigenvalue weighted by atomic mass is 79.9. The number of hydrazone groups is 1. The molecule has 1 aliphatic carbocycles. The molecule has 1 aromatic rings. The molecule has 1 aromatic heterocycles. The third-order valence-corrected chi connectivity index (χ3v) is 3.32. The minimum atomic E-state index is -0.317. The highest BCUT2D eigenvalue weighted by molar-refractivity contribution is 9.10. The molecular weight excluding hydrogens is 284 g/mol. The minimum absolute atomic E-state index is 0.262. The average molecular weight is 299 g/mol. The molecule has 0 saturated heterocycles. The molecule has 4 nitrogen and oxygen atoms in total. The number of carbonyl (C=O) groups excluding carboxylic acids is 1. The first-order valence-corrected chi connectivity index (χ1v) is 6.64. The Bertz CT molecular complexity index is 408. The molecule has 0 spiro atoms. The van der Waals surface area contributed by atoms with Gasteiger partial charge in [0.2, 0.25) is 0 Å². The third kappa shape index (κ3) is 3.70. The van der Waals surface area contributed by atoms with Gasteiger partial charge in [0.25, 0.3) is 0 Å². The summed E-state index contributed by atoms with van der Waals surface area (Å²) in [6.45, 7) is 0. The monoisotopic (exact) mass is 298 g/mol. The number of rotatable bonds is 3. The Balaban J connectivity index is 1.81.